The molecule has 3 aromatic carbocycles. The number of furan rings is 1. The first-order valence-electron chi connectivity index (χ1n) is 10.2. The van der Waals surface area contributed by atoms with E-state index in [4.69, 9.17) is 23.4 Å². The van der Waals surface area contributed by atoms with Crippen molar-refractivity contribution in [2.24, 2.45) is 0 Å². The van der Waals surface area contributed by atoms with Crippen LogP contribution in [0.15, 0.2) is 59.0 Å². The Balaban J connectivity index is 1.84. The second-order valence-electron chi connectivity index (χ2n) is 7.36. The summed E-state index contributed by atoms with van der Waals surface area (Å²) in [5, 5.41) is 1.06. The van der Waals surface area contributed by atoms with Crippen molar-refractivity contribution in [1.29, 1.82) is 0 Å². The summed E-state index contributed by atoms with van der Waals surface area (Å²) in [5.41, 5.74) is 4.90. The fraction of sp³-hybridized carbons (Fsp3) is 0.185. The van der Waals surface area contributed by atoms with Crippen molar-refractivity contribution in [3.8, 4) is 34.3 Å². The van der Waals surface area contributed by atoms with Gasteiger partial charge in [-0.05, 0) is 67.1 Å². The number of ether oxygens (including phenoxy) is 4. The van der Waals surface area contributed by atoms with Gasteiger partial charge in [-0.15, -0.1) is 0 Å². The molecule has 5 heteroatoms. The molecule has 0 saturated heterocycles. The Morgan fingerprint density at radius 2 is 1.41 bits per heavy atom. The average molecular weight is 431 g/mol. The second kappa shape index (κ2) is 9.10. The first-order chi connectivity index (χ1) is 15.6. The fourth-order valence-electron chi connectivity index (χ4n) is 3.73. The van der Waals surface area contributed by atoms with Gasteiger partial charge in [-0.2, -0.15) is 0 Å². The van der Waals surface area contributed by atoms with Gasteiger partial charge in [0.1, 0.15) is 17.1 Å². The van der Waals surface area contributed by atoms with Crippen molar-refractivity contribution in [2.45, 2.75) is 6.92 Å². The Bertz CT molecular complexity index is 1240. The summed E-state index contributed by atoms with van der Waals surface area (Å²) < 4.78 is 28.0. The Morgan fingerprint density at radius 1 is 0.719 bits per heavy atom. The molecule has 0 saturated carbocycles. The van der Waals surface area contributed by atoms with Crippen LogP contribution in [-0.4, -0.2) is 28.4 Å². The molecule has 0 bridgehead atoms. The van der Waals surface area contributed by atoms with Crippen molar-refractivity contribution >= 4 is 23.1 Å². The minimum Gasteiger partial charge on any atom is -0.497 e. The second-order valence-corrected chi connectivity index (χ2v) is 7.36. The predicted molar refractivity (Wildman–Crippen MR) is 128 cm³/mol. The van der Waals surface area contributed by atoms with Gasteiger partial charge in [-0.3, -0.25) is 0 Å². The number of aryl methyl sites for hydroxylation is 1. The van der Waals surface area contributed by atoms with Crippen molar-refractivity contribution in [3.63, 3.8) is 0 Å². The summed E-state index contributed by atoms with van der Waals surface area (Å²) in [6, 6.07) is 17.9. The van der Waals surface area contributed by atoms with E-state index < -0.39 is 0 Å². The van der Waals surface area contributed by atoms with Crippen LogP contribution in [0, 0.1) is 6.92 Å². The smallest absolute Gasteiger partial charge is 0.203 e. The Labute approximate surface area is 187 Å². The van der Waals surface area contributed by atoms with E-state index in [-0.39, 0.29) is 0 Å². The maximum Gasteiger partial charge on any atom is 0.203 e. The lowest BCUT2D eigenvalue weighted by Crippen LogP contribution is -1.95. The maximum absolute atomic E-state index is 6.27. The molecule has 164 valence electrons. The summed E-state index contributed by atoms with van der Waals surface area (Å²) >= 11 is 0. The number of hydrogen-bond acceptors (Lipinski definition) is 5. The molecular weight excluding hydrogens is 404 g/mol. The molecule has 4 aromatic rings. The van der Waals surface area contributed by atoms with E-state index in [2.05, 4.69) is 25.1 Å². The van der Waals surface area contributed by atoms with Crippen LogP contribution in [0.25, 0.3) is 34.4 Å². The molecule has 0 unspecified atom stereocenters. The third kappa shape index (κ3) is 4.02. The molecule has 0 atom stereocenters. The van der Waals surface area contributed by atoms with E-state index in [1.807, 2.05) is 48.5 Å². The maximum atomic E-state index is 6.27. The zero-order valence-electron chi connectivity index (χ0n) is 18.9. The molecule has 5 nitrogen and oxygen atoms in total. The molecule has 0 aliphatic heterocycles. The van der Waals surface area contributed by atoms with Gasteiger partial charge in [0.05, 0.1) is 28.4 Å². The first-order valence-corrected chi connectivity index (χ1v) is 10.2. The molecule has 0 radical (unpaired) electrons. The molecular formula is C27H26O5. The van der Waals surface area contributed by atoms with Gasteiger partial charge >= 0.3 is 0 Å². The van der Waals surface area contributed by atoms with Crippen LogP contribution in [0.3, 0.4) is 0 Å². The zero-order chi connectivity index (χ0) is 22.7. The Hall–Kier alpha value is -3.86. The molecule has 0 fully saturated rings. The molecule has 0 N–H and O–H groups in total. The zero-order valence-corrected chi connectivity index (χ0v) is 18.9. The van der Waals surface area contributed by atoms with Crippen molar-refractivity contribution < 1.29 is 23.4 Å². The molecule has 32 heavy (non-hydrogen) atoms. The lowest BCUT2D eigenvalue weighted by atomic mass is 10.0. The SMILES string of the molecule is COc1ccc(-c2oc3ccc(C)cc3c2C=Cc2cc(OC)c(OC)c(OC)c2)cc1. The molecule has 4 rings (SSSR count). The largest absolute Gasteiger partial charge is 0.497 e. The van der Waals surface area contributed by atoms with Gasteiger partial charge in [0.25, 0.3) is 0 Å². The van der Waals surface area contributed by atoms with Crippen LogP contribution in [0.1, 0.15) is 16.7 Å². The van der Waals surface area contributed by atoms with Crippen LogP contribution < -0.4 is 18.9 Å². The van der Waals surface area contributed by atoms with E-state index in [0.29, 0.717) is 17.2 Å². The van der Waals surface area contributed by atoms with Crippen LogP contribution in [0.4, 0.5) is 0 Å². The normalized spacial score (nSPS) is 11.2. The molecule has 0 aliphatic carbocycles. The van der Waals surface area contributed by atoms with Gasteiger partial charge in [-0.25, -0.2) is 0 Å². The third-order valence-electron chi connectivity index (χ3n) is 5.36. The van der Waals surface area contributed by atoms with Crippen LogP contribution in [-0.2, 0) is 0 Å². The third-order valence-corrected chi connectivity index (χ3v) is 5.36. The topological polar surface area (TPSA) is 50.1 Å². The highest BCUT2D eigenvalue weighted by molar-refractivity contribution is 5.97. The minimum absolute atomic E-state index is 0.565. The van der Waals surface area contributed by atoms with E-state index in [1.54, 1.807) is 28.4 Å². The van der Waals surface area contributed by atoms with Crippen molar-refractivity contribution in [1.82, 2.24) is 0 Å². The fourth-order valence-corrected chi connectivity index (χ4v) is 3.73. The van der Waals surface area contributed by atoms with Crippen LogP contribution >= 0.6 is 0 Å². The number of fused-ring (bicyclic) bond motifs is 1. The number of hydrogen-bond donors (Lipinski definition) is 0. The summed E-state index contributed by atoms with van der Waals surface area (Å²) in [6.45, 7) is 2.08. The quantitative estimate of drug-likeness (QED) is 0.330. The van der Waals surface area contributed by atoms with Crippen LogP contribution in [0.2, 0.25) is 0 Å². The lowest BCUT2D eigenvalue weighted by Gasteiger charge is -2.12. The Morgan fingerprint density at radius 3 is 2.00 bits per heavy atom. The molecule has 1 aromatic heterocycles. The van der Waals surface area contributed by atoms with Crippen LogP contribution in [0.5, 0.6) is 23.0 Å². The Kier molecular flexibility index (Phi) is 6.08. The van der Waals surface area contributed by atoms with Crippen molar-refractivity contribution in [2.75, 3.05) is 28.4 Å². The van der Waals surface area contributed by atoms with Gasteiger partial charge in [0.2, 0.25) is 5.75 Å². The van der Waals surface area contributed by atoms with E-state index in [1.165, 1.54) is 5.56 Å². The average Bonchev–Trinajstić information content (AvgIpc) is 3.19. The van der Waals surface area contributed by atoms with Gasteiger partial charge in [0, 0.05) is 16.5 Å². The number of rotatable bonds is 7. The minimum atomic E-state index is 0.565. The standard InChI is InChI=1S/C27H26O5/c1-17-6-13-23-22(14-17)21(26(32-23)19-8-10-20(28-2)11-9-19)12-7-18-15-24(29-3)27(31-5)25(16-18)30-4/h6-16H,1-5H3. The summed E-state index contributed by atoms with van der Waals surface area (Å²) in [5.74, 6) is 3.38. The van der Waals surface area contributed by atoms with E-state index >= 15 is 0 Å². The van der Waals surface area contributed by atoms with Gasteiger partial charge < -0.3 is 23.4 Å². The van der Waals surface area contributed by atoms with E-state index in [0.717, 1.165) is 39.2 Å². The number of methoxy groups -OCH3 is 4. The summed E-state index contributed by atoms with van der Waals surface area (Å²) in [4.78, 5) is 0. The lowest BCUT2D eigenvalue weighted by molar-refractivity contribution is 0.324. The molecule has 1 heterocycles. The highest BCUT2D eigenvalue weighted by atomic mass is 16.5. The highest BCUT2D eigenvalue weighted by Gasteiger charge is 2.16. The molecule has 0 aliphatic rings. The summed E-state index contributed by atoms with van der Waals surface area (Å²) in [7, 11) is 6.47. The summed E-state index contributed by atoms with van der Waals surface area (Å²) in [6.07, 6.45) is 4.08. The van der Waals surface area contributed by atoms with Gasteiger partial charge in [0.15, 0.2) is 11.5 Å². The monoisotopic (exact) mass is 430 g/mol. The molecule has 0 spiro atoms. The highest BCUT2D eigenvalue weighted by Crippen LogP contribution is 2.40. The molecule has 0 amide bonds. The van der Waals surface area contributed by atoms with Gasteiger partial charge in [-0.1, -0.05) is 17.7 Å². The number of benzene rings is 3. The van der Waals surface area contributed by atoms with E-state index in [9.17, 15) is 0 Å². The van der Waals surface area contributed by atoms with Crippen molar-refractivity contribution in [3.05, 3.63) is 71.3 Å². The first kappa shape index (κ1) is 21.4. The predicted octanol–water partition coefficient (Wildman–Crippen LogP) is 6.61.